The summed E-state index contributed by atoms with van der Waals surface area (Å²) < 4.78 is 0. The largest absolute Gasteiger partial charge is 0.382 e. The lowest BCUT2D eigenvalue weighted by Crippen LogP contribution is -2.15. The fourth-order valence-corrected chi connectivity index (χ4v) is 2.51. The molecule has 0 aromatic heterocycles. The minimum atomic E-state index is 0.0571. The SMILES string of the molecule is CCC(=O)Nc1cccc(NC2CCC(C)C2)c1. The van der Waals surface area contributed by atoms with Crippen molar-refractivity contribution in [2.45, 2.75) is 45.6 Å². The molecule has 1 amide bonds. The van der Waals surface area contributed by atoms with E-state index in [0.717, 1.165) is 17.3 Å². The molecular formula is C15H22N2O. The van der Waals surface area contributed by atoms with Crippen molar-refractivity contribution in [3.8, 4) is 0 Å². The van der Waals surface area contributed by atoms with E-state index in [4.69, 9.17) is 0 Å². The zero-order chi connectivity index (χ0) is 13.0. The molecule has 0 spiro atoms. The van der Waals surface area contributed by atoms with Crippen molar-refractivity contribution in [2.75, 3.05) is 10.6 Å². The van der Waals surface area contributed by atoms with E-state index in [1.165, 1.54) is 19.3 Å². The fourth-order valence-electron chi connectivity index (χ4n) is 2.51. The smallest absolute Gasteiger partial charge is 0.224 e. The molecule has 2 N–H and O–H groups in total. The number of nitrogens with one attached hydrogen (secondary N) is 2. The monoisotopic (exact) mass is 246 g/mol. The molecular weight excluding hydrogens is 224 g/mol. The molecule has 2 rings (SSSR count). The molecule has 2 unspecified atom stereocenters. The van der Waals surface area contributed by atoms with Gasteiger partial charge in [-0.2, -0.15) is 0 Å². The van der Waals surface area contributed by atoms with Crippen molar-refractivity contribution in [1.82, 2.24) is 0 Å². The number of carbonyl (C=O) groups excluding carboxylic acids is 1. The Morgan fingerprint density at radius 1 is 1.33 bits per heavy atom. The average Bonchev–Trinajstić information content (AvgIpc) is 2.75. The number of rotatable bonds is 4. The Kier molecular flexibility index (Phi) is 4.24. The van der Waals surface area contributed by atoms with Crippen LogP contribution in [0, 0.1) is 5.92 Å². The molecule has 98 valence electrons. The van der Waals surface area contributed by atoms with Gasteiger partial charge in [0.2, 0.25) is 5.91 Å². The van der Waals surface area contributed by atoms with Crippen LogP contribution in [0.3, 0.4) is 0 Å². The van der Waals surface area contributed by atoms with Crippen LogP contribution in [0.25, 0.3) is 0 Å². The topological polar surface area (TPSA) is 41.1 Å². The summed E-state index contributed by atoms with van der Waals surface area (Å²) in [6.45, 7) is 4.16. The van der Waals surface area contributed by atoms with Gasteiger partial charge in [0.1, 0.15) is 0 Å². The molecule has 1 saturated carbocycles. The third kappa shape index (κ3) is 3.49. The van der Waals surface area contributed by atoms with Crippen LogP contribution in [0.2, 0.25) is 0 Å². The zero-order valence-corrected chi connectivity index (χ0v) is 11.2. The van der Waals surface area contributed by atoms with E-state index in [0.29, 0.717) is 12.5 Å². The maximum absolute atomic E-state index is 11.3. The molecule has 0 radical (unpaired) electrons. The summed E-state index contributed by atoms with van der Waals surface area (Å²) in [5, 5.41) is 6.44. The van der Waals surface area contributed by atoms with Gasteiger partial charge < -0.3 is 10.6 Å². The summed E-state index contributed by atoms with van der Waals surface area (Å²) >= 11 is 0. The Balaban J connectivity index is 1.96. The van der Waals surface area contributed by atoms with Crippen molar-refractivity contribution >= 4 is 17.3 Å². The predicted molar refractivity (Wildman–Crippen MR) is 75.8 cm³/mol. The first-order valence-corrected chi connectivity index (χ1v) is 6.84. The first-order valence-electron chi connectivity index (χ1n) is 6.84. The summed E-state index contributed by atoms with van der Waals surface area (Å²) in [6, 6.07) is 8.56. The third-order valence-corrected chi connectivity index (χ3v) is 3.53. The fraction of sp³-hybridized carbons (Fsp3) is 0.533. The van der Waals surface area contributed by atoms with Gasteiger partial charge in [-0.1, -0.05) is 19.9 Å². The second kappa shape index (κ2) is 5.89. The highest BCUT2D eigenvalue weighted by molar-refractivity contribution is 5.90. The standard InChI is InChI=1S/C15H22N2O/c1-3-15(18)17-13-6-4-5-12(10-13)16-14-8-7-11(2)9-14/h4-6,10-11,14,16H,3,7-9H2,1-2H3,(H,17,18). The normalized spacial score (nSPS) is 22.8. The van der Waals surface area contributed by atoms with E-state index >= 15 is 0 Å². The minimum Gasteiger partial charge on any atom is -0.382 e. The summed E-state index contributed by atoms with van der Waals surface area (Å²) in [4.78, 5) is 11.3. The van der Waals surface area contributed by atoms with Gasteiger partial charge in [0, 0.05) is 23.8 Å². The Bertz CT molecular complexity index is 417. The first kappa shape index (κ1) is 12.9. The number of hydrogen-bond acceptors (Lipinski definition) is 2. The first-order chi connectivity index (χ1) is 8.67. The van der Waals surface area contributed by atoms with Crippen molar-refractivity contribution in [3.63, 3.8) is 0 Å². The number of hydrogen-bond donors (Lipinski definition) is 2. The molecule has 2 atom stereocenters. The second-order valence-corrected chi connectivity index (χ2v) is 5.24. The Morgan fingerprint density at radius 2 is 2.11 bits per heavy atom. The molecule has 1 aromatic rings. The maximum Gasteiger partial charge on any atom is 0.224 e. The van der Waals surface area contributed by atoms with Crippen molar-refractivity contribution in [3.05, 3.63) is 24.3 Å². The molecule has 0 heterocycles. The quantitative estimate of drug-likeness (QED) is 0.851. The molecule has 1 fully saturated rings. The molecule has 1 aromatic carbocycles. The molecule has 0 saturated heterocycles. The van der Waals surface area contributed by atoms with Gasteiger partial charge in [-0.3, -0.25) is 4.79 Å². The van der Waals surface area contributed by atoms with Crippen molar-refractivity contribution < 1.29 is 4.79 Å². The van der Waals surface area contributed by atoms with E-state index in [9.17, 15) is 4.79 Å². The van der Waals surface area contributed by atoms with Gasteiger partial charge in [-0.05, 0) is 43.4 Å². The van der Waals surface area contributed by atoms with Gasteiger partial charge in [-0.15, -0.1) is 0 Å². The lowest BCUT2D eigenvalue weighted by Gasteiger charge is -2.15. The number of carbonyl (C=O) groups is 1. The highest BCUT2D eigenvalue weighted by Gasteiger charge is 2.20. The maximum atomic E-state index is 11.3. The summed E-state index contributed by atoms with van der Waals surface area (Å²) in [6.07, 6.45) is 4.31. The van der Waals surface area contributed by atoms with Gasteiger partial charge in [0.05, 0.1) is 0 Å². The van der Waals surface area contributed by atoms with Gasteiger partial charge in [0.15, 0.2) is 0 Å². The number of benzene rings is 1. The zero-order valence-electron chi connectivity index (χ0n) is 11.2. The molecule has 3 heteroatoms. The Labute approximate surface area is 109 Å². The van der Waals surface area contributed by atoms with Crippen LogP contribution >= 0.6 is 0 Å². The van der Waals surface area contributed by atoms with E-state index in [2.05, 4.69) is 23.6 Å². The molecule has 0 bridgehead atoms. The number of anilines is 2. The van der Waals surface area contributed by atoms with Crippen LogP contribution in [0.4, 0.5) is 11.4 Å². The minimum absolute atomic E-state index is 0.0571. The van der Waals surface area contributed by atoms with E-state index < -0.39 is 0 Å². The van der Waals surface area contributed by atoms with Crippen LogP contribution in [0.1, 0.15) is 39.5 Å². The average molecular weight is 246 g/mol. The Hall–Kier alpha value is -1.51. The van der Waals surface area contributed by atoms with Crippen molar-refractivity contribution in [1.29, 1.82) is 0 Å². The van der Waals surface area contributed by atoms with Gasteiger partial charge in [-0.25, -0.2) is 0 Å². The van der Waals surface area contributed by atoms with Crippen LogP contribution in [-0.4, -0.2) is 11.9 Å². The second-order valence-electron chi connectivity index (χ2n) is 5.24. The molecule has 0 aliphatic heterocycles. The van der Waals surface area contributed by atoms with Gasteiger partial charge in [0.25, 0.3) is 0 Å². The summed E-state index contributed by atoms with van der Waals surface area (Å²) in [5.41, 5.74) is 1.97. The Morgan fingerprint density at radius 3 is 2.78 bits per heavy atom. The molecule has 3 nitrogen and oxygen atoms in total. The lowest BCUT2D eigenvalue weighted by atomic mass is 10.1. The summed E-state index contributed by atoms with van der Waals surface area (Å²) in [7, 11) is 0. The number of amides is 1. The highest BCUT2D eigenvalue weighted by Crippen LogP contribution is 2.28. The summed E-state index contributed by atoms with van der Waals surface area (Å²) in [5.74, 6) is 0.882. The predicted octanol–water partition coefficient (Wildman–Crippen LogP) is 3.64. The van der Waals surface area contributed by atoms with Crippen LogP contribution in [-0.2, 0) is 4.79 Å². The van der Waals surface area contributed by atoms with Crippen LogP contribution < -0.4 is 10.6 Å². The van der Waals surface area contributed by atoms with E-state index in [1.807, 2.05) is 25.1 Å². The molecule has 1 aliphatic carbocycles. The van der Waals surface area contributed by atoms with Crippen LogP contribution in [0.15, 0.2) is 24.3 Å². The van der Waals surface area contributed by atoms with Gasteiger partial charge >= 0.3 is 0 Å². The van der Waals surface area contributed by atoms with E-state index in [1.54, 1.807) is 0 Å². The molecule has 18 heavy (non-hydrogen) atoms. The van der Waals surface area contributed by atoms with E-state index in [-0.39, 0.29) is 5.91 Å². The lowest BCUT2D eigenvalue weighted by molar-refractivity contribution is -0.115. The molecule has 1 aliphatic rings. The third-order valence-electron chi connectivity index (χ3n) is 3.53. The highest BCUT2D eigenvalue weighted by atomic mass is 16.1. The van der Waals surface area contributed by atoms with Crippen molar-refractivity contribution in [2.24, 2.45) is 5.92 Å². The van der Waals surface area contributed by atoms with Crippen LogP contribution in [0.5, 0.6) is 0 Å².